The molecule has 0 aliphatic carbocycles. The number of carbonyl (C=O) groups is 2. The van der Waals surface area contributed by atoms with Gasteiger partial charge in [0, 0.05) is 24.9 Å². The van der Waals surface area contributed by atoms with Crippen LogP contribution in [0.1, 0.15) is 33.6 Å². The second-order valence-corrected chi connectivity index (χ2v) is 4.70. The zero-order valence-corrected chi connectivity index (χ0v) is 11.5. The SMILES string of the molecule is C#C[C@@H](C)[C@@H](CO)CC(=O)[C@](C)(CC)C(=O)OC. The summed E-state index contributed by atoms with van der Waals surface area (Å²) in [5.74, 6) is 1.19. The maximum Gasteiger partial charge on any atom is 0.319 e. The first kappa shape index (κ1) is 16.7. The summed E-state index contributed by atoms with van der Waals surface area (Å²) < 4.78 is 4.67. The number of rotatable bonds is 7. The smallest absolute Gasteiger partial charge is 0.319 e. The van der Waals surface area contributed by atoms with E-state index in [-0.39, 0.29) is 30.6 Å². The molecule has 0 spiro atoms. The molecule has 0 fully saturated rings. The Hall–Kier alpha value is -1.34. The highest BCUT2D eigenvalue weighted by Crippen LogP contribution is 2.29. The van der Waals surface area contributed by atoms with Gasteiger partial charge < -0.3 is 9.84 Å². The first-order chi connectivity index (χ1) is 8.37. The molecule has 0 amide bonds. The van der Waals surface area contributed by atoms with E-state index in [1.54, 1.807) is 20.8 Å². The van der Waals surface area contributed by atoms with Crippen molar-refractivity contribution in [2.45, 2.75) is 33.6 Å². The first-order valence-electron chi connectivity index (χ1n) is 6.06. The third-order valence-corrected chi connectivity index (χ3v) is 3.61. The van der Waals surface area contributed by atoms with Crippen molar-refractivity contribution in [1.29, 1.82) is 0 Å². The quantitative estimate of drug-likeness (QED) is 0.424. The van der Waals surface area contributed by atoms with Crippen LogP contribution in [-0.2, 0) is 14.3 Å². The number of terminal acetylenes is 1. The molecular formula is C14H22O4. The Bertz CT molecular complexity index is 342. The van der Waals surface area contributed by atoms with Gasteiger partial charge in [-0.3, -0.25) is 9.59 Å². The van der Waals surface area contributed by atoms with E-state index in [1.165, 1.54) is 7.11 Å². The Morgan fingerprint density at radius 3 is 2.39 bits per heavy atom. The second kappa shape index (κ2) is 7.17. The number of ether oxygens (including phenoxy) is 1. The number of ketones is 1. The molecule has 0 radical (unpaired) electrons. The molecule has 0 aliphatic rings. The van der Waals surface area contributed by atoms with Crippen molar-refractivity contribution in [2.75, 3.05) is 13.7 Å². The Kier molecular flexibility index (Phi) is 6.64. The van der Waals surface area contributed by atoms with Gasteiger partial charge in [-0.15, -0.1) is 12.3 Å². The summed E-state index contributed by atoms with van der Waals surface area (Å²) in [7, 11) is 1.26. The van der Waals surface area contributed by atoms with Gasteiger partial charge in [0.25, 0.3) is 0 Å². The topological polar surface area (TPSA) is 63.6 Å². The summed E-state index contributed by atoms with van der Waals surface area (Å²) in [5, 5.41) is 9.25. The van der Waals surface area contributed by atoms with E-state index < -0.39 is 11.4 Å². The van der Waals surface area contributed by atoms with Gasteiger partial charge in [0.15, 0.2) is 0 Å². The fourth-order valence-electron chi connectivity index (χ4n) is 1.68. The van der Waals surface area contributed by atoms with Gasteiger partial charge in [0.2, 0.25) is 0 Å². The summed E-state index contributed by atoms with van der Waals surface area (Å²) in [6, 6.07) is 0. The molecule has 0 aromatic carbocycles. The van der Waals surface area contributed by atoms with Gasteiger partial charge in [-0.25, -0.2) is 0 Å². The zero-order chi connectivity index (χ0) is 14.3. The van der Waals surface area contributed by atoms with Crippen LogP contribution >= 0.6 is 0 Å². The second-order valence-electron chi connectivity index (χ2n) is 4.70. The number of esters is 1. The van der Waals surface area contributed by atoms with Gasteiger partial charge in [0.1, 0.15) is 11.2 Å². The number of methoxy groups -OCH3 is 1. The minimum absolute atomic E-state index is 0.0846. The molecule has 0 saturated carbocycles. The van der Waals surface area contributed by atoms with Crippen molar-refractivity contribution < 1.29 is 19.4 Å². The molecule has 0 heterocycles. The van der Waals surface area contributed by atoms with Crippen LogP contribution < -0.4 is 0 Å². The summed E-state index contributed by atoms with van der Waals surface area (Å²) in [6.45, 7) is 4.93. The minimum Gasteiger partial charge on any atom is -0.468 e. The van der Waals surface area contributed by atoms with Gasteiger partial charge in [-0.05, 0) is 13.3 Å². The van der Waals surface area contributed by atoms with Crippen molar-refractivity contribution in [3.8, 4) is 12.3 Å². The molecule has 0 bridgehead atoms. The lowest BCUT2D eigenvalue weighted by Crippen LogP contribution is -2.38. The highest BCUT2D eigenvalue weighted by atomic mass is 16.5. The standard InChI is InChI=1S/C14H22O4/c1-6-10(3)11(9-15)8-12(16)14(4,7-2)13(17)18-5/h1,10-11,15H,7-9H2,2-5H3/t10-,11-,14+/m1/s1. The fourth-order valence-corrected chi connectivity index (χ4v) is 1.68. The summed E-state index contributed by atoms with van der Waals surface area (Å²) in [4.78, 5) is 23.9. The summed E-state index contributed by atoms with van der Waals surface area (Å²) in [6.07, 6.45) is 5.73. The number of hydrogen-bond donors (Lipinski definition) is 1. The fraction of sp³-hybridized carbons (Fsp3) is 0.714. The van der Waals surface area contributed by atoms with E-state index in [0.29, 0.717) is 6.42 Å². The van der Waals surface area contributed by atoms with Crippen molar-refractivity contribution >= 4 is 11.8 Å². The van der Waals surface area contributed by atoms with Crippen LogP contribution in [0.5, 0.6) is 0 Å². The third-order valence-electron chi connectivity index (χ3n) is 3.61. The molecule has 0 unspecified atom stereocenters. The molecule has 0 saturated heterocycles. The van der Waals surface area contributed by atoms with Crippen molar-refractivity contribution in [1.82, 2.24) is 0 Å². The van der Waals surface area contributed by atoms with Crippen molar-refractivity contribution in [2.24, 2.45) is 17.3 Å². The number of aliphatic hydroxyl groups excluding tert-OH is 1. The zero-order valence-electron chi connectivity index (χ0n) is 11.5. The van der Waals surface area contributed by atoms with E-state index in [1.807, 2.05) is 0 Å². The summed E-state index contributed by atoms with van der Waals surface area (Å²) in [5.41, 5.74) is -1.16. The predicted octanol–water partition coefficient (Wildman–Crippen LogP) is 1.41. The molecule has 18 heavy (non-hydrogen) atoms. The number of Topliss-reactive ketones (excluding diaryl/α,β-unsaturated/α-hetero) is 1. The van der Waals surface area contributed by atoms with Crippen LogP contribution in [0.2, 0.25) is 0 Å². The average Bonchev–Trinajstić information content (AvgIpc) is 2.41. The molecule has 0 aromatic heterocycles. The molecule has 0 aromatic rings. The lowest BCUT2D eigenvalue weighted by Gasteiger charge is -2.26. The Labute approximate surface area is 109 Å². The van der Waals surface area contributed by atoms with Gasteiger partial charge in [-0.2, -0.15) is 0 Å². The number of hydrogen-bond acceptors (Lipinski definition) is 4. The van der Waals surface area contributed by atoms with Crippen LogP contribution in [0.25, 0.3) is 0 Å². The molecular weight excluding hydrogens is 232 g/mol. The molecule has 4 nitrogen and oxygen atoms in total. The Morgan fingerprint density at radius 1 is 1.50 bits per heavy atom. The van der Waals surface area contributed by atoms with E-state index >= 15 is 0 Å². The lowest BCUT2D eigenvalue weighted by molar-refractivity contribution is -0.157. The molecule has 1 N–H and O–H groups in total. The van der Waals surface area contributed by atoms with Crippen LogP contribution in [-0.4, -0.2) is 30.6 Å². The lowest BCUT2D eigenvalue weighted by atomic mass is 9.77. The van der Waals surface area contributed by atoms with E-state index in [0.717, 1.165) is 0 Å². The average molecular weight is 254 g/mol. The van der Waals surface area contributed by atoms with Gasteiger partial charge in [-0.1, -0.05) is 13.8 Å². The highest BCUT2D eigenvalue weighted by molar-refractivity contribution is 6.03. The highest BCUT2D eigenvalue weighted by Gasteiger charge is 2.41. The number of carbonyl (C=O) groups excluding carboxylic acids is 2. The molecule has 4 heteroatoms. The minimum atomic E-state index is -1.16. The van der Waals surface area contributed by atoms with Gasteiger partial charge >= 0.3 is 5.97 Å². The maximum absolute atomic E-state index is 12.2. The third kappa shape index (κ3) is 3.58. The van der Waals surface area contributed by atoms with Crippen LogP contribution in [0.4, 0.5) is 0 Å². The molecule has 0 rings (SSSR count). The van der Waals surface area contributed by atoms with E-state index in [2.05, 4.69) is 10.7 Å². The molecule has 102 valence electrons. The van der Waals surface area contributed by atoms with Crippen LogP contribution in [0, 0.1) is 29.6 Å². The molecule has 3 atom stereocenters. The van der Waals surface area contributed by atoms with E-state index in [4.69, 9.17) is 6.42 Å². The largest absolute Gasteiger partial charge is 0.468 e. The first-order valence-corrected chi connectivity index (χ1v) is 6.06. The van der Waals surface area contributed by atoms with Gasteiger partial charge in [0.05, 0.1) is 7.11 Å². The summed E-state index contributed by atoms with van der Waals surface area (Å²) >= 11 is 0. The van der Waals surface area contributed by atoms with E-state index in [9.17, 15) is 14.7 Å². The maximum atomic E-state index is 12.2. The van der Waals surface area contributed by atoms with Crippen molar-refractivity contribution in [3.63, 3.8) is 0 Å². The predicted molar refractivity (Wildman–Crippen MR) is 68.6 cm³/mol. The monoisotopic (exact) mass is 254 g/mol. The number of aliphatic hydroxyl groups is 1. The van der Waals surface area contributed by atoms with Crippen LogP contribution in [0.3, 0.4) is 0 Å². The molecule has 0 aliphatic heterocycles. The van der Waals surface area contributed by atoms with Crippen molar-refractivity contribution in [3.05, 3.63) is 0 Å². The normalized spacial score (nSPS) is 17.1. The van der Waals surface area contributed by atoms with Crippen LogP contribution in [0.15, 0.2) is 0 Å². The Morgan fingerprint density at radius 2 is 2.06 bits per heavy atom. The Balaban J connectivity index is 4.93.